The third kappa shape index (κ3) is 4.68. The number of benzene rings is 2. The van der Waals surface area contributed by atoms with Crippen LogP contribution in [0.25, 0.3) is 10.9 Å². The molecule has 3 heterocycles. The number of hydrogen-bond donors (Lipinski definition) is 1. The number of amides is 1. The number of fused-ring (bicyclic) bond motifs is 1. The number of aromatic amines is 1. The number of nitrogens with zero attached hydrogens (tertiary/aromatic N) is 3. The average molecular weight is 431 g/mol. The topological polar surface area (TPSA) is 42.6 Å². The van der Waals surface area contributed by atoms with Crippen LogP contribution in [0.15, 0.2) is 54.7 Å². The summed E-state index contributed by atoms with van der Waals surface area (Å²) in [4.78, 5) is 23.3. The minimum atomic E-state index is 0.186. The Labute approximate surface area is 191 Å². The third-order valence-corrected chi connectivity index (χ3v) is 7.07. The second-order valence-corrected chi connectivity index (χ2v) is 9.19. The van der Waals surface area contributed by atoms with Crippen LogP contribution in [-0.4, -0.2) is 66.5 Å². The van der Waals surface area contributed by atoms with Gasteiger partial charge < -0.3 is 14.8 Å². The summed E-state index contributed by atoms with van der Waals surface area (Å²) in [5.41, 5.74) is 4.64. The van der Waals surface area contributed by atoms with Crippen LogP contribution in [0.5, 0.6) is 0 Å². The van der Waals surface area contributed by atoms with Crippen molar-refractivity contribution in [1.82, 2.24) is 14.8 Å². The summed E-state index contributed by atoms with van der Waals surface area (Å²) in [5.74, 6) is 0.186. The van der Waals surface area contributed by atoms with E-state index in [0.29, 0.717) is 0 Å². The molecule has 1 aromatic heterocycles. The van der Waals surface area contributed by atoms with Crippen molar-refractivity contribution in [3.63, 3.8) is 0 Å². The van der Waals surface area contributed by atoms with Gasteiger partial charge >= 0.3 is 0 Å². The summed E-state index contributed by atoms with van der Waals surface area (Å²) >= 11 is 0. The predicted molar refractivity (Wildman–Crippen MR) is 131 cm³/mol. The molecule has 2 fully saturated rings. The number of rotatable bonds is 7. The summed E-state index contributed by atoms with van der Waals surface area (Å²) in [6, 6.07) is 16.9. The van der Waals surface area contributed by atoms with Crippen molar-refractivity contribution in [3.8, 4) is 0 Å². The number of piperazine rings is 1. The quantitative estimate of drug-likeness (QED) is 0.559. The molecule has 0 radical (unpaired) electrons. The Morgan fingerprint density at radius 3 is 2.44 bits per heavy atom. The highest BCUT2D eigenvalue weighted by Crippen LogP contribution is 2.23. The van der Waals surface area contributed by atoms with Crippen LogP contribution in [0, 0.1) is 0 Å². The van der Waals surface area contributed by atoms with E-state index in [-0.39, 0.29) is 5.91 Å². The molecule has 0 bridgehead atoms. The lowest BCUT2D eigenvalue weighted by molar-refractivity contribution is 0.0793. The number of anilines is 1. The van der Waals surface area contributed by atoms with E-state index in [1.54, 1.807) is 0 Å². The minimum absolute atomic E-state index is 0.186. The monoisotopic (exact) mass is 430 g/mol. The zero-order valence-electron chi connectivity index (χ0n) is 18.9. The van der Waals surface area contributed by atoms with Crippen LogP contribution in [0.3, 0.4) is 0 Å². The van der Waals surface area contributed by atoms with E-state index in [1.165, 1.54) is 36.0 Å². The first-order valence-electron chi connectivity index (χ1n) is 12.2. The third-order valence-electron chi connectivity index (χ3n) is 7.07. The molecule has 1 N–H and O–H groups in total. The second kappa shape index (κ2) is 9.78. The van der Waals surface area contributed by atoms with Crippen LogP contribution in [0.4, 0.5) is 5.69 Å². The second-order valence-electron chi connectivity index (χ2n) is 9.19. The van der Waals surface area contributed by atoms with Gasteiger partial charge in [-0.25, -0.2) is 0 Å². The molecule has 0 spiro atoms. The molecule has 5 heteroatoms. The van der Waals surface area contributed by atoms with Crippen molar-refractivity contribution in [2.75, 3.05) is 50.7 Å². The van der Waals surface area contributed by atoms with E-state index in [9.17, 15) is 4.79 Å². The van der Waals surface area contributed by atoms with Crippen molar-refractivity contribution in [3.05, 3.63) is 65.9 Å². The smallest absolute Gasteiger partial charge is 0.253 e. The highest BCUT2D eigenvalue weighted by molar-refractivity contribution is 5.99. The molecule has 2 aliphatic heterocycles. The van der Waals surface area contributed by atoms with Gasteiger partial charge in [0.05, 0.1) is 0 Å². The molecule has 3 aromatic rings. The highest BCUT2D eigenvalue weighted by atomic mass is 16.2. The number of carbonyl (C=O) groups is 1. The first-order valence-corrected chi connectivity index (χ1v) is 12.2. The highest BCUT2D eigenvalue weighted by Gasteiger charge is 2.20. The summed E-state index contributed by atoms with van der Waals surface area (Å²) in [5, 5.41) is 1.21. The first-order chi connectivity index (χ1) is 15.8. The Bertz CT molecular complexity index is 1030. The van der Waals surface area contributed by atoms with Crippen LogP contribution in [0.2, 0.25) is 0 Å². The normalized spacial score (nSPS) is 17.4. The fourth-order valence-corrected chi connectivity index (χ4v) is 5.14. The maximum absolute atomic E-state index is 12.8. The maximum Gasteiger partial charge on any atom is 0.253 e. The zero-order chi connectivity index (χ0) is 21.8. The summed E-state index contributed by atoms with van der Waals surface area (Å²) in [6.07, 6.45) is 7.84. The van der Waals surface area contributed by atoms with Crippen molar-refractivity contribution in [2.45, 2.75) is 32.1 Å². The van der Waals surface area contributed by atoms with Crippen molar-refractivity contribution < 1.29 is 4.79 Å². The Kier molecular flexibility index (Phi) is 6.44. The van der Waals surface area contributed by atoms with Crippen LogP contribution in [-0.2, 0) is 6.42 Å². The molecule has 0 atom stereocenters. The molecule has 5 rings (SSSR count). The van der Waals surface area contributed by atoms with Gasteiger partial charge in [0.25, 0.3) is 5.91 Å². The van der Waals surface area contributed by atoms with Crippen LogP contribution in [0.1, 0.15) is 41.6 Å². The Balaban J connectivity index is 1.11. The Hall–Kier alpha value is -2.79. The molecule has 2 saturated heterocycles. The van der Waals surface area contributed by atoms with Crippen molar-refractivity contribution in [2.24, 2.45) is 0 Å². The fraction of sp³-hybridized carbons (Fsp3) is 0.444. The SMILES string of the molecule is O=C(c1ccc2[nH]cc(CCCCN3CCN(c4ccccc4)CC3)c2c1)N1CCCC1. The van der Waals surface area contributed by atoms with E-state index < -0.39 is 0 Å². The van der Waals surface area contributed by atoms with Crippen molar-refractivity contribution in [1.29, 1.82) is 0 Å². The lowest BCUT2D eigenvalue weighted by atomic mass is 10.0. The van der Waals surface area contributed by atoms with Gasteiger partial charge in [-0.2, -0.15) is 0 Å². The first kappa shape index (κ1) is 21.1. The van der Waals surface area contributed by atoms with Gasteiger partial charge in [-0.1, -0.05) is 18.2 Å². The minimum Gasteiger partial charge on any atom is -0.369 e. The molecule has 168 valence electrons. The van der Waals surface area contributed by atoms with Gasteiger partial charge in [0, 0.05) is 67.6 Å². The van der Waals surface area contributed by atoms with E-state index in [1.807, 2.05) is 11.0 Å². The number of nitrogens with one attached hydrogen (secondary N) is 1. The van der Waals surface area contributed by atoms with Crippen LogP contribution >= 0.6 is 0 Å². The molecule has 2 aromatic carbocycles. The number of aromatic nitrogens is 1. The van der Waals surface area contributed by atoms with Gasteiger partial charge in [0.2, 0.25) is 0 Å². The lowest BCUT2D eigenvalue weighted by Gasteiger charge is -2.36. The maximum atomic E-state index is 12.8. The van der Waals surface area contributed by atoms with Crippen LogP contribution < -0.4 is 4.90 Å². The predicted octanol–water partition coefficient (Wildman–Crippen LogP) is 4.55. The Morgan fingerprint density at radius 2 is 1.66 bits per heavy atom. The van der Waals surface area contributed by atoms with E-state index in [0.717, 1.165) is 69.6 Å². The van der Waals surface area contributed by atoms with E-state index in [2.05, 4.69) is 63.4 Å². The molecule has 32 heavy (non-hydrogen) atoms. The molecule has 2 aliphatic rings. The number of aryl methyl sites for hydroxylation is 1. The van der Waals surface area contributed by atoms with Gasteiger partial charge in [-0.3, -0.25) is 9.69 Å². The molecular weight excluding hydrogens is 396 g/mol. The number of unbranched alkanes of at least 4 members (excludes halogenated alkanes) is 1. The van der Waals surface area contributed by atoms with E-state index >= 15 is 0 Å². The van der Waals surface area contributed by atoms with E-state index in [4.69, 9.17) is 0 Å². The Morgan fingerprint density at radius 1 is 0.875 bits per heavy atom. The molecule has 0 unspecified atom stereocenters. The number of para-hydroxylation sites is 1. The molecule has 0 aliphatic carbocycles. The largest absolute Gasteiger partial charge is 0.369 e. The lowest BCUT2D eigenvalue weighted by Crippen LogP contribution is -2.46. The molecular formula is C27H34N4O. The number of hydrogen-bond acceptors (Lipinski definition) is 3. The standard InChI is InChI=1S/C27H34N4O/c32-27(31-14-6-7-15-31)22-11-12-26-25(20-22)23(21-28-26)8-4-5-13-29-16-18-30(19-17-29)24-9-2-1-3-10-24/h1-3,9-12,20-21,28H,4-8,13-19H2. The molecule has 0 saturated carbocycles. The summed E-state index contributed by atoms with van der Waals surface area (Å²) in [7, 11) is 0. The van der Waals surface area contributed by atoms with Gasteiger partial charge in [-0.05, 0) is 74.5 Å². The number of carbonyl (C=O) groups excluding carboxylic acids is 1. The van der Waals surface area contributed by atoms with Gasteiger partial charge in [0.1, 0.15) is 0 Å². The summed E-state index contributed by atoms with van der Waals surface area (Å²) in [6.45, 7) is 7.48. The number of H-pyrrole nitrogens is 1. The fourth-order valence-electron chi connectivity index (χ4n) is 5.14. The summed E-state index contributed by atoms with van der Waals surface area (Å²) < 4.78 is 0. The zero-order valence-corrected chi connectivity index (χ0v) is 18.9. The molecule has 5 nitrogen and oxygen atoms in total. The average Bonchev–Trinajstić information content (AvgIpc) is 3.52. The van der Waals surface area contributed by atoms with Gasteiger partial charge in [-0.15, -0.1) is 0 Å². The van der Waals surface area contributed by atoms with Crippen molar-refractivity contribution >= 4 is 22.5 Å². The van der Waals surface area contributed by atoms with Gasteiger partial charge in [0.15, 0.2) is 0 Å². The number of likely N-dealkylation sites (tertiary alicyclic amines) is 1. The molecule has 1 amide bonds.